The van der Waals surface area contributed by atoms with Gasteiger partial charge in [0.25, 0.3) is 5.91 Å². The Bertz CT molecular complexity index is 904. The molecule has 0 unspecified atom stereocenters. The van der Waals surface area contributed by atoms with Crippen LogP contribution < -0.4 is 9.64 Å². The zero-order valence-electron chi connectivity index (χ0n) is 12.6. The number of hydrogen-bond donors (Lipinski definition) is 0. The van der Waals surface area contributed by atoms with Crippen molar-refractivity contribution in [3.63, 3.8) is 0 Å². The Morgan fingerprint density at radius 1 is 1.17 bits per heavy atom. The molecule has 8 heteroatoms. The summed E-state index contributed by atoms with van der Waals surface area (Å²) in [6, 6.07) is 9.34. The lowest BCUT2D eigenvalue weighted by Gasteiger charge is -2.29. The molecule has 1 aliphatic rings. The number of methoxy groups -OCH3 is 1. The number of sulfone groups is 1. The molecule has 1 heterocycles. The molecule has 5 nitrogen and oxygen atoms in total. The summed E-state index contributed by atoms with van der Waals surface area (Å²) >= 11 is 12.2. The maximum atomic E-state index is 12.9. The number of carbonyl (C=O) groups excluding carboxylic acids is 1. The van der Waals surface area contributed by atoms with E-state index < -0.39 is 9.84 Å². The standard InChI is InChI=1S/C16H13Cl2NO4S/c1-23-15-11(17)8-10(9-12(15)18)16(20)19-6-7-24(21,22)14-5-3-2-4-13(14)19/h2-5,8-9H,6-7H2,1H3. The number of rotatable bonds is 2. The molecule has 24 heavy (non-hydrogen) atoms. The first-order chi connectivity index (χ1) is 11.3. The van der Waals surface area contributed by atoms with Crippen LogP contribution in [-0.2, 0) is 9.84 Å². The van der Waals surface area contributed by atoms with Crippen molar-refractivity contribution >= 4 is 44.6 Å². The number of carbonyl (C=O) groups is 1. The monoisotopic (exact) mass is 385 g/mol. The normalized spacial score (nSPS) is 15.7. The van der Waals surface area contributed by atoms with E-state index in [2.05, 4.69) is 0 Å². The molecule has 2 aromatic rings. The molecule has 1 amide bonds. The third-order valence-electron chi connectivity index (χ3n) is 3.77. The number of para-hydroxylation sites is 1. The molecule has 3 rings (SSSR count). The van der Waals surface area contributed by atoms with Crippen molar-refractivity contribution in [3.8, 4) is 5.75 Å². The van der Waals surface area contributed by atoms with Gasteiger partial charge in [-0.15, -0.1) is 0 Å². The van der Waals surface area contributed by atoms with E-state index in [1.807, 2.05) is 0 Å². The average Bonchev–Trinajstić information content (AvgIpc) is 2.54. The Morgan fingerprint density at radius 3 is 2.42 bits per heavy atom. The van der Waals surface area contributed by atoms with Gasteiger partial charge < -0.3 is 9.64 Å². The van der Waals surface area contributed by atoms with Gasteiger partial charge in [-0.05, 0) is 24.3 Å². The van der Waals surface area contributed by atoms with Crippen LogP contribution in [0.1, 0.15) is 10.4 Å². The van der Waals surface area contributed by atoms with Crippen LogP contribution in [0, 0.1) is 0 Å². The minimum atomic E-state index is -3.38. The van der Waals surface area contributed by atoms with E-state index in [-0.39, 0.29) is 44.5 Å². The molecule has 2 aromatic carbocycles. The van der Waals surface area contributed by atoms with Crippen LogP contribution in [0.15, 0.2) is 41.3 Å². The van der Waals surface area contributed by atoms with E-state index in [0.29, 0.717) is 5.69 Å². The summed E-state index contributed by atoms with van der Waals surface area (Å²) in [5.41, 5.74) is 0.622. The van der Waals surface area contributed by atoms with Gasteiger partial charge in [0.1, 0.15) is 0 Å². The molecule has 126 valence electrons. The third kappa shape index (κ3) is 2.85. The molecule has 0 aromatic heterocycles. The van der Waals surface area contributed by atoms with E-state index in [9.17, 15) is 13.2 Å². The fraction of sp³-hybridized carbons (Fsp3) is 0.188. The number of nitrogens with zero attached hydrogens (tertiary/aromatic N) is 1. The van der Waals surface area contributed by atoms with E-state index in [4.69, 9.17) is 27.9 Å². The summed E-state index contributed by atoms with van der Waals surface area (Å²) in [6.07, 6.45) is 0. The molecule has 0 fully saturated rings. The van der Waals surface area contributed by atoms with Crippen molar-refractivity contribution in [2.45, 2.75) is 4.90 Å². The van der Waals surface area contributed by atoms with E-state index in [0.717, 1.165) is 0 Å². The van der Waals surface area contributed by atoms with Gasteiger partial charge in [-0.3, -0.25) is 4.79 Å². The molecule has 0 spiro atoms. The highest BCUT2D eigenvalue weighted by Crippen LogP contribution is 2.36. The fourth-order valence-corrected chi connectivity index (χ4v) is 4.70. The molecular weight excluding hydrogens is 373 g/mol. The predicted octanol–water partition coefficient (Wildman–Crippen LogP) is 3.44. The Hall–Kier alpha value is -1.76. The molecule has 0 bridgehead atoms. The minimum Gasteiger partial charge on any atom is -0.494 e. The highest BCUT2D eigenvalue weighted by atomic mass is 35.5. The van der Waals surface area contributed by atoms with Gasteiger partial charge in [-0.2, -0.15) is 0 Å². The predicted molar refractivity (Wildman–Crippen MR) is 93.2 cm³/mol. The quantitative estimate of drug-likeness (QED) is 0.793. The van der Waals surface area contributed by atoms with Crippen molar-refractivity contribution in [1.82, 2.24) is 0 Å². The first-order valence-corrected chi connectivity index (χ1v) is 9.42. The third-order valence-corrected chi connectivity index (χ3v) is 6.07. The summed E-state index contributed by atoms with van der Waals surface area (Å²) < 4.78 is 29.4. The molecule has 0 saturated carbocycles. The van der Waals surface area contributed by atoms with E-state index >= 15 is 0 Å². The molecule has 0 atom stereocenters. The number of amides is 1. The number of fused-ring (bicyclic) bond motifs is 1. The fourth-order valence-electron chi connectivity index (χ4n) is 2.63. The van der Waals surface area contributed by atoms with Crippen LogP contribution in [0.4, 0.5) is 5.69 Å². The Balaban J connectivity index is 2.06. The van der Waals surface area contributed by atoms with E-state index in [1.165, 1.54) is 30.2 Å². The largest absolute Gasteiger partial charge is 0.494 e. The lowest BCUT2D eigenvalue weighted by atomic mass is 10.1. The summed E-state index contributed by atoms with van der Waals surface area (Å²) in [5, 5.41) is 0.428. The van der Waals surface area contributed by atoms with E-state index in [1.54, 1.807) is 18.2 Å². The van der Waals surface area contributed by atoms with Crippen molar-refractivity contribution in [2.24, 2.45) is 0 Å². The summed E-state index contributed by atoms with van der Waals surface area (Å²) in [7, 11) is -1.95. The molecule has 0 aliphatic carbocycles. The molecule has 0 saturated heterocycles. The van der Waals surface area contributed by atoms with Crippen LogP contribution in [0.25, 0.3) is 0 Å². The first kappa shape index (κ1) is 17.1. The van der Waals surface area contributed by atoms with Crippen LogP contribution in [0.5, 0.6) is 5.75 Å². The van der Waals surface area contributed by atoms with Crippen LogP contribution in [0.2, 0.25) is 10.0 Å². The lowest BCUT2D eigenvalue weighted by Crippen LogP contribution is -2.39. The van der Waals surface area contributed by atoms with Gasteiger partial charge >= 0.3 is 0 Å². The molecule has 0 radical (unpaired) electrons. The first-order valence-electron chi connectivity index (χ1n) is 7.02. The van der Waals surface area contributed by atoms with Gasteiger partial charge in [0.05, 0.1) is 33.5 Å². The summed E-state index contributed by atoms with van der Waals surface area (Å²) in [4.78, 5) is 14.4. The smallest absolute Gasteiger partial charge is 0.258 e. The molecule has 0 N–H and O–H groups in total. The van der Waals surface area contributed by atoms with Gasteiger partial charge in [0.2, 0.25) is 0 Å². The number of ether oxygens (including phenoxy) is 1. The Kier molecular flexibility index (Phi) is 4.46. The second-order valence-corrected chi connectivity index (χ2v) is 8.11. The number of benzene rings is 2. The second-order valence-electron chi connectivity index (χ2n) is 5.22. The van der Waals surface area contributed by atoms with Gasteiger partial charge in [-0.25, -0.2) is 8.42 Å². The minimum absolute atomic E-state index is 0.0689. The van der Waals surface area contributed by atoms with Crippen LogP contribution in [-0.4, -0.2) is 33.7 Å². The Labute approximate surface area is 149 Å². The van der Waals surface area contributed by atoms with Crippen LogP contribution in [0.3, 0.4) is 0 Å². The highest BCUT2D eigenvalue weighted by Gasteiger charge is 2.32. The Morgan fingerprint density at radius 2 is 1.79 bits per heavy atom. The topological polar surface area (TPSA) is 63.7 Å². The summed E-state index contributed by atoms with van der Waals surface area (Å²) in [6.45, 7) is 0.0689. The van der Waals surface area contributed by atoms with Crippen molar-refractivity contribution < 1.29 is 17.9 Å². The number of halogens is 2. The van der Waals surface area contributed by atoms with Gasteiger partial charge in [-0.1, -0.05) is 35.3 Å². The van der Waals surface area contributed by atoms with Gasteiger partial charge in [0.15, 0.2) is 15.6 Å². The van der Waals surface area contributed by atoms with Gasteiger partial charge in [0, 0.05) is 12.1 Å². The second kappa shape index (κ2) is 6.27. The zero-order valence-corrected chi connectivity index (χ0v) is 15.0. The molecule has 1 aliphatic heterocycles. The van der Waals surface area contributed by atoms with Crippen molar-refractivity contribution in [2.75, 3.05) is 24.3 Å². The van der Waals surface area contributed by atoms with Crippen LogP contribution >= 0.6 is 23.2 Å². The van der Waals surface area contributed by atoms with Crippen molar-refractivity contribution in [3.05, 3.63) is 52.0 Å². The zero-order chi connectivity index (χ0) is 17.5. The summed E-state index contributed by atoms with van der Waals surface area (Å²) in [5.74, 6) is -0.215. The highest BCUT2D eigenvalue weighted by molar-refractivity contribution is 7.91. The number of anilines is 1. The maximum absolute atomic E-state index is 12.9. The average molecular weight is 386 g/mol. The number of hydrogen-bond acceptors (Lipinski definition) is 4. The lowest BCUT2D eigenvalue weighted by molar-refractivity contribution is 0.0987. The SMILES string of the molecule is COc1c(Cl)cc(C(=O)N2CCS(=O)(=O)c3ccccc32)cc1Cl. The molecular formula is C16H13Cl2NO4S. The van der Waals surface area contributed by atoms with Crippen molar-refractivity contribution in [1.29, 1.82) is 0 Å². The maximum Gasteiger partial charge on any atom is 0.258 e.